The summed E-state index contributed by atoms with van der Waals surface area (Å²) in [4.78, 5) is 29.3. The zero-order valence-electron chi connectivity index (χ0n) is 21.6. The minimum atomic E-state index is -1.05. The van der Waals surface area contributed by atoms with Crippen LogP contribution >= 0.6 is 23.4 Å². The quantitative estimate of drug-likeness (QED) is 0.202. The van der Waals surface area contributed by atoms with Crippen LogP contribution in [-0.4, -0.2) is 58.9 Å². The van der Waals surface area contributed by atoms with Crippen LogP contribution in [0.15, 0.2) is 77.3 Å². The normalized spacial score (nSPS) is 11.5. The van der Waals surface area contributed by atoms with Gasteiger partial charge in [0, 0.05) is 16.1 Å². The van der Waals surface area contributed by atoms with E-state index < -0.39 is 17.9 Å². The molecule has 0 bridgehead atoms. The molecule has 0 radical (unpaired) electrons. The van der Waals surface area contributed by atoms with Crippen LogP contribution in [0.3, 0.4) is 0 Å². The standard InChI is InChI=1S/C30H29ClN2O5S.Li.H/c1-19-5-3-4-6-24(19)26-15-20(7-12-25(26)28(34)33-27(30(35)36)13-14-39-2)17-37-18-23-16-32-29(38-23)21-8-10-22(31)11-9-21;;/h3-12,15-16,27H,13-14,17-18H2,1-2H3,(H,33,34)(H,35,36);;. The molecule has 2 N–H and O–H groups in total. The Morgan fingerprint density at radius 2 is 1.82 bits per heavy atom. The van der Waals surface area contributed by atoms with Gasteiger partial charge in [-0.3, -0.25) is 4.79 Å². The third kappa shape index (κ3) is 8.26. The van der Waals surface area contributed by atoms with Gasteiger partial charge in [-0.25, -0.2) is 9.78 Å². The van der Waals surface area contributed by atoms with Gasteiger partial charge in [-0.15, -0.1) is 0 Å². The van der Waals surface area contributed by atoms with Gasteiger partial charge in [0.1, 0.15) is 12.6 Å². The number of ether oxygens (including phenoxy) is 1. The fourth-order valence-electron chi connectivity index (χ4n) is 4.08. The number of nitrogens with one attached hydrogen (secondary N) is 1. The van der Waals surface area contributed by atoms with E-state index in [9.17, 15) is 14.7 Å². The summed E-state index contributed by atoms with van der Waals surface area (Å²) in [6.45, 7) is 2.47. The molecule has 0 saturated heterocycles. The molecule has 4 aromatic rings. The van der Waals surface area contributed by atoms with Crippen molar-refractivity contribution in [2.75, 3.05) is 12.0 Å². The van der Waals surface area contributed by atoms with Gasteiger partial charge in [0.05, 0.1) is 12.8 Å². The van der Waals surface area contributed by atoms with E-state index in [1.807, 2.05) is 61.7 Å². The summed E-state index contributed by atoms with van der Waals surface area (Å²) in [5, 5.41) is 12.9. The molecule has 1 unspecified atom stereocenters. The monoisotopic (exact) mass is 572 g/mol. The first-order valence-corrected chi connectivity index (χ1v) is 14.1. The van der Waals surface area contributed by atoms with Crippen LogP contribution in [-0.2, 0) is 22.7 Å². The number of carboxylic acid groups (broad SMARTS) is 1. The Morgan fingerprint density at radius 1 is 1.07 bits per heavy atom. The maximum absolute atomic E-state index is 13.2. The molecule has 10 heteroatoms. The van der Waals surface area contributed by atoms with Gasteiger partial charge in [-0.05, 0) is 84.0 Å². The van der Waals surface area contributed by atoms with E-state index in [4.69, 9.17) is 20.8 Å². The van der Waals surface area contributed by atoms with E-state index in [0.717, 1.165) is 22.3 Å². The van der Waals surface area contributed by atoms with Crippen LogP contribution in [0.25, 0.3) is 22.6 Å². The number of aryl methyl sites for hydroxylation is 1. The molecule has 1 heterocycles. The van der Waals surface area contributed by atoms with Crippen LogP contribution in [0, 0.1) is 6.92 Å². The third-order valence-electron chi connectivity index (χ3n) is 6.14. The van der Waals surface area contributed by atoms with Gasteiger partial charge in [0.25, 0.3) is 5.91 Å². The molecule has 0 aliphatic carbocycles. The van der Waals surface area contributed by atoms with Crippen molar-refractivity contribution in [2.24, 2.45) is 0 Å². The number of carbonyl (C=O) groups excluding carboxylic acids is 1. The van der Waals surface area contributed by atoms with Gasteiger partial charge < -0.3 is 19.6 Å². The second-order valence-corrected chi connectivity index (χ2v) is 10.4. The number of amides is 1. The predicted octanol–water partition coefficient (Wildman–Crippen LogP) is 5.97. The van der Waals surface area contributed by atoms with Crippen molar-refractivity contribution < 1.29 is 23.8 Å². The number of carbonyl (C=O) groups is 2. The SMILES string of the molecule is CSCCC(NC(=O)c1ccc(COCc2cnc(-c3ccc(Cl)cc3)o2)cc1-c1ccccc1C)C(=O)O.[LiH]. The molecule has 1 aromatic heterocycles. The molecule has 0 saturated carbocycles. The maximum atomic E-state index is 13.2. The molecule has 0 fully saturated rings. The van der Waals surface area contributed by atoms with Crippen molar-refractivity contribution >= 4 is 54.1 Å². The van der Waals surface area contributed by atoms with E-state index in [1.165, 1.54) is 11.8 Å². The van der Waals surface area contributed by atoms with Crippen molar-refractivity contribution in [3.05, 3.63) is 100 Å². The summed E-state index contributed by atoms with van der Waals surface area (Å²) in [6.07, 6.45) is 3.88. The number of carboxylic acids is 1. The minimum absolute atomic E-state index is 0. The average Bonchev–Trinajstić information content (AvgIpc) is 3.40. The Balaban J connectivity index is 0.00000441. The number of hydrogen-bond donors (Lipinski definition) is 2. The van der Waals surface area contributed by atoms with Gasteiger partial charge in [0.2, 0.25) is 5.89 Å². The molecule has 1 amide bonds. The summed E-state index contributed by atoms with van der Waals surface area (Å²) in [7, 11) is 0. The molecule has 0 aliphatic heterocycles. The Morgan fingerprint density at radius 3 is 2.52 bits per heavy atom. The van der Waals surface area contributed by atoms with Gasteiger partial charge in [0.15, 0.2) is 5.76 Å². The first-order valence-electron chi connectivity index (χ1n) is 12.4. The van der Waals surface area contributed by atoms with Gasteiger partial charge >= 0.3 is 24.8 Å². The third-order valence-corrected chi connectivity index (χ3v) is 7.03. The van der Waals surface area contributed by atoms with Crippen molar-refractivity contribution in [2.45, 2.75) is 32.6 Å². The molecule has 40 heavy (non-hydrogen) atoms. The van der Waals surface area contributed by atoms with Gasteiger partial charge in [-0.1, -0.05) is 41.9 Å². The fraction of sp³-hybridized carbons (Fsp3) is 0.233. The Labute approximate surface area is 254 Å². The molecule has 3 aromatic carbocycles. The summed E-state index contributed by atoms with van der Waals surface area (Å²) in [5.74, 6) is 0.224. The fourth-order valence-corrected chi connectivity index (χ4v) is 4.67. The van der Waals surface area contributed by atoms with Crippen LogP contribution in [0.2, 0.25) is 5.02 Å². The van der Waals surface area contributed by atoms with Crippen LogP contribution < -0.4 is 5.32 Å². The molecular weight excluding hydrogens is 543 g/mol. The number of aromatic nitrogens is 1. The van der Waals surface area contributed by atoms with Crippen LogP contribution in [0.5, 0.6) is 0 Å². The first-order chi connectivity index (χ1) is 18.9. The Bertz CT molecular complexity index is 1440. The first kappa shape index (κ1) is 31.5. The van der Waals surface area contributed by atoms with E-state index >= 15 is 0 Å². The number of hydrogen-bond acceptors (Lipinski definition) is 6. The number of aliphatic carboxylic acids is 1. The van der Waals surface area contributed by atoms with Crippen molar-refractivity contribution in [1.82, 2.24) is 10.3 Å². The summed E-state index contributed by atoms with van der Waals surface area (Å²) in [6, 6.07) is 19.5. The average molecular weight is 573 g/mol. The topological polar surface area (TPSA) is 102 Å². The molecule has 4 rings (SSSR count). The zero-order valence-corrected chi connectivity index (χ0v) is 23.2. The zero-order chi connectivity index (χ0) is 27.8. The van der Waals surface area contributed by atoms with E-state index in [-0.39, 0.29) is 32.1 Å². The van der Waals surface area contributed by atoms with Crippen molar-refractivity contribution in [3.8, 4) is 22.6 Å². The van der Waals surface area contributed by atoms with E-state index in [1.54, 1.807) is 24.4 Å². The molecule has 0 spiro atoms. The Hall–Kier alpha value is -2.99. The molecule has 204 valence electrons. The summed E-state index contributed by atoms with van der Waals surface area (Å²) >= 11 is 7.49. The number of oxazole rings is 1. The van der Waals surface area contributed by atoms with Crippen molar-refractivity contribution in [3.63, 3.8) is 0 Å². The van der Waals surface area contributed by atoms with E-state index in [2.05, 4.69) is 10.3 Å². The number of halogens is 1. The second-order valence-electron chi connectivity index (χ2n) is 8.97. The predicted molar refractivity (Wildman–Crippen MR) is 161 cm³/mol. The summed E-state index contributed by atoms with van der Waals surface area (Å²) < 4.78 is 11.7. The van der Waals surface area contributed by atoms with Crippen LogP contribution in [0.4, 0.5) is 0 Å². The molecule has 7 nitrogen and oxygen atoms in total. The number of rotatable bonds is 12. The Kier molecular flexibility index (Phi) is 11.9. The molecular formula is C30H30ClLiN2O5S. The second kappa shape index (κ2) is 15.1. The number of thioether (sulfide) groups is 1. The molecule has 1 atom stereocenters. The number of benzene rings is 3. The summed E-state index contributed by atoms with van der Waals surface area (Å²) in [5.41, 5.74) is 4.69. The van der Waals surface area contributed by atoms with Crippen LogP contribution in [0.1, 0.15) is 33.7 Å². The van der Waals surface area contributed by atoms with E-state index in [0.29, 0.717) is 40.0 Å². The molecule has 0 aliphatic rings. The van der Waals surface area contributed by atoms with Gasteiger partial charge in [-0.2, -0.15) is 11.8 Å². The number of nitrogens with zero attached hydrogens (tertiary/aromatic N) is 1. The van der Waals surface area contributed by atoms with Crippen molar-refractivity contribution in [1.29, 1.82) is 0 Å².